The Morgan fingerprint density at radius 2 is 1.82 bits per heavy atom. The Labute approximate surface area is 230 Å². The first-order chi connectivity index (χ1) is 17.9. The van der Waals surface area contributed by atoms with Crippen molar-refractivity contribution in [2.24, 2.45) is 22.7 Å². The van der Waals surface area contributed by atoms with Crippen molar-refractivity contribution >= 4 is 11.7 Å². The van der Waals surface area contributed by atoms with Gasteiger partial charge in [0.2, 0.25) is 5.91 Å². The number of ether oxygens (including phenoxy) is 2. The van der Waals surface area contributed by atoms with Gasteiger partial charge >= 0.3 is 0 Å². The molecule has 1 aliphatic heterocycles. The summed E-state index contributed by atoms with van der Waals surface area (Å²) in [5, 5.41) is 3.08. The molecule has 1 N–H and O–H groups in total. The number of nitrogens with zero attached hydrogens (tertiary/aromatic N) is 2. The van der Waals surface area contributed by atoms with Gasteiger partial charge in [-0.2, -0.15) is 0 Å². The molecule has 0 aliphatic carbocycles. The fourth-order valence-corrected chi connectivity index (χ4v) is 5.55. The van der Waals surface area contributed by atoms with Gasteiger partial charge in [0.15, 0.2) is 0 Å². The number of carbonyl (C=O) groups excluding carboxylic acids is 1. The van der Waals surface area contributed by atoms with Crippen LogP contribution in [0, 0.1) is 22.7 Å². The van der Waals surface area contributed by atoms with E-state index in [0.29, 0.717) is 32.2 Å². The molecule has 1 atom stereocenters. The Morgan fingerprint density at radius 1 is 1.08 bits per heavy atom. The highest BCUT2D eigenvalue weighted by Gasteiger charge is 2.32. The van der Waals surface area contributed by atoms with Gasteiger partial charge in [-0.15, -0.1) is 0 Å². The topological polar surface area (TPSA) is 63.7 Å². The molecule has 1 aromatic carbocycles. The lowest BCUT2D eigenvalue weighted by Gasteiger charge is -2.34. The Hall–Kier alpha value is -2.60. The third-order valence-electron chi connectivity index (χ3n) is 7.05. The van der Waals surface area contributed by atoms with Gasteiger partial charge in [0, 0.05) is 43.6 Å². The maximum atomic E-state index is 13.4. The van der Waals surface area contributed by atoms with Crippen LogP contribution in [0.1, 0.15) is 71.7 Å². The van der Waals surface area contributed by atoms with Crippen LogP contribution in [0.3, 0.4) is 0 Å². The number of aromatic nitrogens is 1. The average Bonchev–Trinajstić information content (AvgIpc) is 2.93. The Balaban J connectivity index is 1.62. The molecule has 1 aromatic heterocycles. The van der Waals surface area contributed by atoms with Crippen molar-refractivity contribution < 1.29 is 14.3 Å². The lowest BCUT2D eigenvalue weighted by atomic mass is 9.85. The number of benzene rings is 1. The molecule has 1 aliphatic rings. The van der Waals surface area contributed by atoms with Crippen LogP contribution < -0.4 is 10.1 Å². The van der Waals surface area contributed by atoms with E-state index in [1.807, 2.05) is 43.1 Å². The molecular formula is C32H49N3O3. The minimum Gasteiger partial charge on any atom is -0.493 e. The maximum Gasteiger partial charge on any atom is 0.226 e. The minimum absolute atomic E-state index is 0.0461. The van der Waals surface area contributed by atoms with Gasteiger partial charge in [-0.1, -0.05) is 60.6 Å². The van der Waals surface area contributed by atoms with Crippen LogP contribution in [0.5, 0.6) is 5.75 Å². The molecule has 0 saturated heterocycles. The number of pyridine rings is 1. The molecule has 0 saturated carbocycles. The zero-order valence-corrected chi connectivity index (χ0v) is 24.9. The summed E-state index contributed by atoms with van der Waals surface area (Å²) in [6.07, 6.45) is 2.62. The van der Waals surface area contributed by atoms with Crippen molar-refractivity contribution in [3.8, 4) is 5.75 Å². The molecule has 0 bridgehead atoms. The first-order valence-corrected chi connectivity index (χ1v) is 14.1. The van der Waals surface area contributed by atoms with E-state index in [-0.39, 0.29) is 22.7 Å². The first kappa shape index (κ1) is 29.9. The van der Waals surface area contributed by atoms with Crippen molar-refractivity contribution in [3.63, 3.8) is 0 Å². The third-order valence-corrected chi connectivity index (χ3v) is 7.05. The van der Waals surface area contributed by atoms with Crippen LogP contribution in [0.4, 0.5) is 5.82 Å². The van der Waals surface area contributed by atoms with Gasteiger partial charge in [-0.25, -0.2) is 4.98 Å². The number of anilines is 1. The van der Waals surface area contributed by atoms with Gasteiger partial charge in [-0.3, -0.25) is 4.79 Å². The van der Waals surface area contributed by atoms with Gasteiger partial charge < -0.3 is 19.7 Å². The number of hydrogen-bond acceptors (Lipinski definition) is 5. The minimum atomic E-state index is -0.142. The van der Waals surface area contributed by atoms with E-state index in [1.54, 1.807) is 0 Å². The number of nitrogens with one attached hydrogen (secondary N) is 1. The Kier molecular flexibility index (Phi) is 10.2. The van der Waals surface area contributed by atoms with Gasteiger partial charge in [-0.05, 0) is 59.6 Å². The predicted octanol–water partition coefficient (Wildman–Crippen LogP) is 6.38. The molecule has 2 aromatic rings. The number of fused-ring (bicyclic) bond motifs is 1. The zero-order chi connectivity index (χ0) is 27.9. The molecule has 0 spiro atoms. The second-order valence-electron chi connectivity index (χ2n) is 13.0. The molecule has 6 nitrogen and oxygen atoms in total. The Bertz CT molecular complexity index is 1060. The second-order valence-corrected chi connectivity index (χ2v) is 13.0. The molecule has 2 heterocycles. The lowest BCUT2D eigenvalue weighted by Crippen LogP contribution is -2.42. The van der Waals surface area contributed by atoms with E-state index >= 15 is 0 Å². The van der Waals surface area contributed by atoms with Crippen LogP contribution in [-0.2, 0) is 28.9 Å². The highest BCUT2D eigenvalue weighted by molar-refractivity contribution is 5.79. The fraction of sp³-hybridized carbons (Fsp3) is 0.625. The van der Waals surface area contributed by atoms with Crippen molar-refractivity contribution in [1.82, 2.24) is 9.88 Å². The van der Waals surface area contributed by atoms with Crippen molar-refractivity contribution in [2.45, 2.75) is 74.3 Å². The van der Waals surface area contributed by atoms with Crippen LogP contribution >= 0.6 is 0 Å². The van der Waals surface area contributed by atoms with Crippen molar-refractivity contribution in [2.75, 3.05) is 38.7 Å². The van der Waals surface area contributed by atoms with E-state index in [4.69, 9.17) is 9.47 Å². The van der Waals surface area contributed by atoms with E-state index in [1.165, 1.54) is 11.1 Å². The molecule has 0 unspecified atom stereocenters. The summed E-state index contributed by atoms with van der Waals surface area (Å²) in [5.41, 5.74) is 3.41. The second kappa shape index (κ2) is 13.0. The maximum absolute atomic E-state index is 13.4. The van der Waals surface area contributed by atoms with Crippen LogP contribution in [0.2, 0.25) is 0 Å². The quantitative estimate of drug-likeness (QED) is 0.330. The summed E-state index contributed by atoms with van der Waals surface area (Å²) >= 11 is 0. The summed E-state index contributed by atoms with van der Waals surface area (Å²) in [7, 11) is 1.87. The van der Waals surface area contributed by atoms with Gasteiger partial charge in [0.25, 0.3) is 0 Å². The molecule has 3 rings (SSSR count). The van der Waals surface area contributed by atoms with Crippen molar-refractivity contribution in [3.05, 3.63) is 53.2 Å². The molecule has 1 amide bonds. The van der Waals surface area contributed by atoms with E-state index < -0.39 is 0 Å². The van der Waals surface area contributed by atoms with Gasteiger partial charge in [0.1, 0.15) is 11.6 Å². The van der Waals surface area contributed by atoms with Crippen molar-refractivity contribution in [1.29, 1.82) is 0 Å². The summed E-state index contributed by atoms with van der Waals surface area (Å²) in [5.74, 6) is 2.51. The van der Waals surface area contributed by atoms with E-state index in [0.717, 1.165) is 43.1 Å². The average molecular weight is 524 g/mol. The smallest absolute Gasteiger partial charge is 0.226 e. The molecular weight excluding hydrogens is 474 g/mol. The number of amides is 1. The fourth-order valence-electron chi connectivity index (χ4n) is 5.55. The van der Waals surface area contributed by atoms with Gasteiger partial charge in [0.05, 0.1) is 19.8 Å². The molecule has 38 heavy (non-hydrogen) atoms. The third kappa shape index (κ3) is 9.00. The SMILES string of the molecule is CNc1cccc(CCOc2ccc3c(c2)CN(CC(C)(C)COCC(C)(C)CC(C)C)C(=O)[C@H](C)C3)n1. The number of hydrogen-bond donors (Lipinski definition) is 1. The summed E-state index contributed by atoms with van der Waals surface area (Å²) in [6, 6.07) is 12.2. The zero-order valence-electron chi connectivity index (χ0n) is 24.9. The standard InChI is InChI=1S/C32H49N3O3/c1-23(2)18-31(4,5)21-37-22-32(6,7)20-35-19-26-17-28(13-12-25(26)16-24(3)30(35)36)38-15-14-27-10-9-11-29(33-8)34-27/h9-13,17,23-24H,14-16,18-22H2,1-8H3,(H,33,34)/t24-/m1/s1. The highest BCUT2D eigenvalue weighted by atomic mass is 16.5. The van der Waals surface area contributed by atoms with Crippen LogP contribution in [-0.4, -0.2) is 49.2 Å². The summed E-state index contributed by atoms with van der Waals surface area (Å²) in [4.78, 5) is 19.9. The highest BCUT2D eigenvalue weighted by Crippen LogP contribution is 2.30. The molecule has 0 radical (unpaired) electrons. The van der Waals surface area contributed by atoms with Crippen LogP contribution in [0.25, 0.3) is 0 Å². The monoisotopic (exact) mass is 523 g/mol. The predicted molar refractivity (Wildman–Crippen MR) is 156 cm³/mol. The van der Waals surface area contributed by atoms with Crippen LogP contribution in [0.15, 0.2) is 36.4 Å². The summed E-state index contributed by atoms with van der Waals surface area (Å²) < 4.78 is 12.3. The largest absolute Gasteiger partial charge is 0.493 e. The van der Waals surface area contributed by atoms with E-state index in [9.17, 15) is 4.79 Å². The molecule has 210 valence electrons. The molecule has 0 fully saturated rings. The Morgan fingerprint density at radius 3 is 2.53 bits per heavy atom. The van der Waals surface area contributed by atoms with E-state index in [2.05, 4.69) is 64.0 Å². The first-order valence-electron chi connectivity index (χ1n) is 14.1. The molecule has 6 heteroatoms. The number of rotatable bonds is 13. The lowest BCUT2D eigenvalue weighted by molar-refractivity contribution is -0.137. The number of carbonyl (C=O) groups is 1. The normalized spacial score (nSPS) is 16.4. The summed E-state index contributed by atoms with van der Waals surface area (Å²) in [6.45, 7) is 18.7.